The van der Waals surface area contributed by atoms with Gasteiger partial charge in [0, 0.05) is 21.2 Å². The normalized spacial score (nSPS) is 35.4. The van der Waals surface area contributed by atoms with Crippen molar-refractivity contribution < 1.29 is 4.79 Å². The summed E-state index contributed by atoms with van der Waals surface area (Å²) in [5.41, 5.74) is 4.83. The van der Waals surface area contributed by atoms with Crippen LogP contribution in [0.15, 0.2) is 33.8 Å². The zero-order valence-electron chi connectivity index (χ0n) is 13.5. The number of carbonyl (C=O) groups excluding carboxylic acids is 1. The molecule has 5 rings (SSSR count). The van der Waals surface area contributed by atoms with Gasteiger partial charge in [-0.3, -0.25) is 4.79 Å². The van der Waals surface area contributed by atoms with Gasteiger partial charge in [-0.1, -0.05) is 15.9 Å². The molecule has 4 bridgehead atoms. The lowest BCUT2D eigenvalue weighted by atomic mass is 9.48. The molecule has 0 radical (unpaired) electrons. The standard InChI is InChI=1S/C19H23BrN2O/c1-12(21-22-18(23)16-2-4-17(20)5-3-16)19-9-13-6-14(10-19)8-15(7-13)11-19/h2-5,13-15H,6-11H2,1H3,(H,22,23)/b21-12-. The minimum atomic E-state index is -0.124. The summed E-state index contributed by atoms with van der Waals surface area (Å²) in [6.07, 6.45) is 8.13. The molecule has 0 unspecified atom stereocenters. The zero-order chi connectivity index (χ0) is 16.0. The Morgan fingerprint density at radius 3 is 2.13 bits per heavy atom. The maximum Gasteiger partial charge on any atom is 0.271 e. The van der Waals surface area contributed by atoms with Crippen LogP contribution in [-0.2, 0) is 0 Å². The number of rotatable bonds is 3. The number of nitrogens with zero attached hydrogens (tertiary/aromatic N) is 1. The minimum Gasteiger partial charge on any atom is -0.267 e. The SMILES string of the molecule is C/C(=N/NC(=O)c1ccc(Br)cc1)C12CC3CC(CC(C3)C1)C2. The fraction of sp³-hybridized carbons (Fsp3) is 0.579. The fourth-order valence-electron chi connectivity index (χ4n) is 5.47. The molecule has 1 aromatic rings. The van der Waals surface area contributed by atoms with Gasteiger partial charge in [-0.25, -0.2) is 5.43 Å². The molecule has 1 N–H and O–H groups in total. The largest absolute Gasteiger partial charge is 0.271 e. The first kappa shape index (κ1) is 15.4. The molecule has 1 aromatic carbocycles. The van der Waals surface area contributed by atoms with Crippen molar-refractivity contribution in [2.45, 2.75) is 45.4 Å². The first-order valence-corrected chi connectivity index (χ1v) is 9.44. The molecule has 1 amide bonds. The molecule has 0 saturated heterocycles. The monoisotopic (exact) mass is 374 g/mol. The highest BCUT2D eigenvalue weighted by molar-refractivity contribution is 9.10. The van der Waals surface area contributed by atoms with E-state index in [4.69, 9.17) is 0 Å². The number of hydrogen-bond acceptors (Lipinski definition) is 2. The van der Waals surface area contributed by atoms with Gasteiger partial charge in [-0.2, -0.15) is 5.10 Å². The minimum absolute atomic E-state index is 0.124. The Labute approximate surface area is 146 Å². The van der Waals surface area contributed by atoms with E-state index < -0.39 is 0 Å². The lowest BCUT2D eigenvalue weighted by molar-refractivity contribution is -0.0128. The summed E-state index contributed by atoms with van der Waals surface area (Å²) in [6, 6.07) is 7.39. The highest BCUT2D eigenvalue weighted by Crippen LogP contribution is 2.60. The van der Waals surface area contributed by atoms with Crippen LogP contribution in [0.25, 0.3) is 0 Å². The Morgan fingerprint density at radius 1 is 1.09 bits per heavy atom. The third-order valence-corrected chi connectivity index (χ3v) is 6.77. The van der Waals surface area contributed by atoms with Crippen LogP contribution >= 0.6 is 15.9 Å². The Balaban J connectivity index is 1.48. The average molecular weight is 375 g/mol. The molecule has 3 nitrogen and oxygen atoms in total. The van der Waals surface area contributed by atoms with Crippen molar-refractivity contribution in [3.63, 3.8) is 0 Å². The predicted octanol–water partition coefficient (Wildman–Crippen LogP) is 4.77. The molecule has 4 saturated carbocycles. The number of halogens is 1. The molecule has 0 aliphatic heterocycles. The van der Waals surface area contributed by atoms with Gasteiger partial charge in [0.05, 0.1) is 0 Å². The highest BCUT2D eigenvalue weighted by Gasteiger charge is 2.52. The zero-order valence-corrected chi connectivity index (χ0v) is 15.1. The fourth-order valence-corrected chi connectivity index (χ4v) is 5.74. The second-order valence-corrected chi connectivity index (χ2v) is 8.76. The van der Waals surface area contributed by atoms with Crippen LogP contribution in [0.3, 0.4) is 0 Å². The van der Waals surface area contributed by atoms with E-state index in [1.807, 2.05) is 24.3 Å². The van der Waals surface area contributed by atoms with Crippen LogP contribution in [0.4, 0.5) is 0 Å². The Hall–Kier alpha value is -1.16. The van der Waals surface area contributed by atoms with Crippen LogP contribution in [0, 0.1) is 23.2 Å². The van der Waals surface area contributed by atoms with Gasteiger partial charge in [-0.05, 0) is 87.5 Å². The van der Waals surface area contributed by atoms with E-state index in [-0.39, 0.29) is 11.3 Å². The molecular formula is C19H23BrN2O. The maximum atomic E-state index is 12.3. The number of amides is 1. The van der Waals surface area contributed by atoms with Gasteiger partial charge in [0.15, 0.2) is 0 Å². The van der Waals surface area contributed by atoms with E-state index in [0.717, 1.165) is 27.9 Å². The number of benzene rings is 1. The van der Waals surface area contributed by atoms with Crippen molar-refractivity contribution in [2.75, 3.05) is 0 Å². The first-order valence-electron chi connectivity index (χ1n) is 8.65. The van der Waals surface area contributed by atoms with Crippen LogP contribution in [-0.4, -0.2) is 11.6 Å². The number of nitrogens with one attached hydrogen (secondary N) is 1. The second-order valence-electron chi connectivity index (χ2n) is 7.84. The molecule has 4 aliphatic carbocycles. The van der Waals surface area contributed by atoms with Crippen molar-refractivity contribution in [2.24, 2.45) is 28.3 Å². The maximum absolute atomic E-state index is 12.3. The molecule has 0 aromatic heterocycles. The van der Waals surface area contributed by atoms with Crippen LogP contribution in [0.1, 0.15) is 55.8 Å². The van der Waals surface area contributed by atoms with Gasteiger partial charge in [0.2, 0.25) is 0 Å². The predicted molar refractivity (Wildman–Crippen MR) is 95.3 cm³/mol. The van der Waals surface area contributed by atoms with Crippen molar-refractivity contribution in [1.82, 2.24) is 5.43 Å². The van der Waals surface area contributed by atoms with Gasteiger partial charge in [-0.15, -0.1) is 0 Å². The van der Waals surface area contributed by atoms with Crippen molar-refractivity contribution in [1.29, 1.82) is 0 Å². The molecule has 0 atom stereocenters. The van der Waals surface area contributed by atoms with Crippen LogP contribution in [0.2, 0.25) is 0 Å². The second kappa shape index (κ2) is 5.73. The quantitative estimate of drug-likeness (QED) is 0.600. The molecule has 4 heteroatoms. The summed E-state index contributed by atoms with van der Waals surface area (Å²) in [5.74, 6) is 2.57. The first-order chi connectivity index (χ1) is 11.0. The molecule has 122 valence electrons. The third kappa shape index (κ3) is 2.86. The molecule has 4 aliphatic rings. The van der Waals surface area contributed by atoms with Gasteiger partial charge in [0.1, 0.15) is 0 Å². The molecular weight excluding hydrogens is 352 g/mol. The van der Waals surface area contributed by atoms with Crippen LogP contribution < -0.4 is 5.43 Å². The van der Waals surface area contributed by atoms with Crippen LogP contribution in [0.5, 0.6) is 0 Å². The summed E-state index contributed by atoms with van der Waals surface area (Å²) < 4.78 is 0.974. The summed E-state index contributed by atoms with van der Waals surface area (Å²) >= 11 is 3.39. The molecule has 23 heavy (non-hydrogen) atoms. The smallest absolute Gasteiger partial charge is 0.267 e. The third-order valence-electron chi connectivity index (χ3n) is 6.24. The Kier molecular flexibility index (Phi) is 3.83. The van der Waals surface area contributed by atoms with E-state index in [0.29, 0.717) is 5.56 Å². The van der Waals surface area contributed by atoms with E-state index in [2.05, 4.69) is 33.4 Å². The summed E-state index contributed by atoms with van der Waals surface area (Å²) in [7, 11) is 0. The molecule has 0 heterocycles. The summed E-state index contributed by atoms with van der Waals surface area (Å²) in [4.78, 5) is 12.3. The van der Waals surface area contributed by atoms with E-state index in [9.17, 15) is 4.79 Å². The van der Waals surface area contributed by atoms with Crippen molar-refractivity contribution in [3.05, 3.63) is 34.3 Å². The van der Waals surface area contributed by atoms with E-state index >= 15 is 0 Å². The topological polar surface area (TPSA) is 41.5 Å². The Morgan fingerprint density at radius 2 is 1.61 bits per heavy atom. The lowest BCUT2D eigenvalue weighted by Gasteiger charge is -2.56. The van der Waals surface area contributed by atoms with Crippen molar-refractivity contribution in [3.8, 4) is 0 Å². The summed E-state index contributed by atoms with van der Waals surface area (Å²) in [6.45, 7) is 2.12. The van der Waals surface area contributed by atoms with Gasteiger partial charge >= 0.3 is 0 Å². The number of hydrazone groups is 1. The summed E-state index contributed by atoms with van der Waals surface area (Å²) in [5, 5.41) is 4.52. The highest BCUT2D eigenvalue weighted by atomic mass is 79.9. The number of carbonyl (C=O) groups is 1. The van der Waals surface area contributed by atoms with Gasteiger partial charge in [0.25, 0.3) is 5.91 Å². The number of hydrogen-bond donors (Lipinski definition) is 1. The van der Waals surface area contributed by atoms with Gasteiger partial charge < -0.3 is 0 Å². The average Bonchev–Trinajstić information content (AvgIpc) is 2.51. The van der Waals surface area contributed by atoms with Crippen molar-refractivity contribution >= 4 is 27.5 Å². The van der Waals surface area contributed by atoms with E-state index in [1.54, 1.807) is 0 Å². The molecule has 4 fully saturated rings. The Bertz CT molecular complexity index is 615. The van der Waals surface area contributed by atoms with E-state index in [1.165, 1.54) is 38.5 Å². The molecule has 0 spiro atoms. The lowest BCUT2D eigenvalue weighted by Crippen LogP contribution is -2.49.